The molecule has 2 amide bonds. The number of carbonyl (C=O) groups is 2. The zero-order valence-electron chi connectivity index (χ0n) is 13.3. The van der Waals surface area contributed by atoms with Crippen molar-refractivity contribution in [1.82, 2.24) is 4.57 Å². The van der Waals surface area contributed by atoms with Gasteiger partial charge in [0.15, 0.2) is 0 Å². The van der Waals surface area contributed by atoms with Gasteiger partial charge in [0.1, 0.15) is 0 Å². The molecular weight excluding hydrogens is 306 g/mol. The molecule has 1 aromatic carbocycles. The van der Waals surface area contributed by atoms with Crippen LogP contribution in [0, 0.1) is 0 Å². The van der Waals surface area contributed by atoms with E-state index >= 15 is 0 Å². The molecule has 0 saturated carbocycles. The smallest absolute Gasteiger partial charge is 0.250 e. The molecule has 0 aliphatic carbocycles. The maximum Gasteiger partial charge on any atom is 0.250 e. The van der Waals surface area contributed by atoms with Crippen LogP contribution >= 0.6 is 0 Å². The number of nitrogens with one attached hydrogen (secondary N) is 1. The van der Waals surface area contributed by atoms with E-state index in [-0.39, 0.29) is 23.8 Å². The van der Waals surface area contributed by atoms with E-state index in [9.17, 15) is 14.4 Å². The Labute approximate surface area is 139 Å². The zero-order chi connectivity index (χ0) is 16.9. The van der Waals surface area contributed by atoms with Crippen molar-refractivity contribution in [2.75, 3.05) is 16.8 Å². The summed E-state index contributed by atoms with van der Waals surface area (Å²) in [6.45, 7) is 0.988. The van der Waals surface area contributed by atoms with E-state index in [1.165, 1.54) is 10.6 Å². The first kappa shape index (κ1) is 16.0. The second kappa shape index (κ2) is 7.12. The van der Waals surface area contributed by atoms with E-state index in [0.29, 0.717) is 25.2 Å². The van der Waals surface area contributed by atoms with Crippen molar-refractivity contribution in [3.63, 3.8) is 0 Å². The SMILES string of the molecule is O=C(CCn1ccccc1=O)Nc1ccccc1N1CCCC1=O. The van der Waals surface area contributed by atoms with Crippen molar-refractivity contribution >= 4 is 23.2 Å². The average Bonchev–Trinajstić information content (AvgIpc) is 3.00. The molecule has 1 aliphatic rings. The lowest BCUT2D eigenvalue weighted by Gasteiger charge is -2.20. The molecule has 6 nitrogen and oxygen atoms in total. The molecule has 1 aliphatic heterocycles. The number of anilines is 2. The van der Waals surface area contributed by atoms with Gasteiger partial charge >= 0.3 is 0 Å². The van der Waals surface area contributed by atoms with Crippen LogP contribution in [0.2, 0.25) is 0 Å². The van der Waals surface area contributed by atoms with Crippen molar-refractivity contribution < 1.29 is 9.59 Å². The standard InChI is InChI=1S/C18H19N3O3/c22-16(10-13-20-11-4-3-8-17(20)23)19-14-6-1-2-7-15(14)21-12-5-9-18(21)24/h1-4,6-8,11H,5,9-10,12-13H2,(H,19,22). The van der Waals surface area contributed by atoms with Crippen LogP contribution in [-0.4, -0.2) is 22.9 Å². The highest BCUT2D eigenvalue weighted by molar-refractivity contribution is 6.02. The van der Waals surface area contributed by atoms with Gasteiger partial charge in [-0.1, -0.05) is 18.2 Å². The highest BCUT2D eigenvalue weighted by Gasteiger charge is 2.24. The van der Waals surface area contributed by atoms with Crippen LogP contribution in [0.5, 0.6) is 0 Å². The van der Waals surface area contributed by atoms with Gasteiger partial charge in [-0.15, -0.1) is 0 Å². The fourth-order valence-corrected chi connectivity index (χ4v) is 2.80. The fraction of sp³-hybridized carbons (Fsp3) is 0.278. The van der Waals surface area contributed by atoms with E-state index in [4.69, 9.17) is 0 Å². The van der Waals surface area contributed by atoms with E-state index in [1.807, 2.05) is 18.2 Å². The number of rotatable bonds is 5. The lowest BCUT2D eigenvalue weighted by atomic mass is 10.2. The van der Waals surface area contributed by atoms with Gasteiger partial charge in [0.05, 0.1) is 11.4 Å². The van der Waals surface area contributed by atoms with Gasteiger partial charge < -0.3 is 14.8 Å². The summed E-state index contributed by atoms with van der Waals surface area (Å²) in [6, 6.07) is 12.2. The van der Waals surface area contributed by atoms with Crippen LogP contribution in [0.4, 0.5) is 11.4 Å². The summed E-state index contributed by atoms with van der Waals surface area (Å²) in [7, 11) is 0. The number of benzene rings is 1. The topological polar surface area (TPSA) is 71.4 Å². The molecule has 2 heterocycles. The Morgan fingerprint density at radius 3 is 2.62 bits per heavy atom. The molecule has 1 N–H and O–H groups in total. The lowest BCUT2D eigenvalue weighted by molar-refractivity contribution is -0.117. The molecule has 1 fully saturated rings. The normalized spacial score (nSPS) is 14.0. The molecule has 0 bridgehead atoms. The number of nitrogens with zero attached hydrogens (tertiary/aromatic N) is 2. The minimum atomic E-state index is -0.190. The van der Waals surface area contributed by atoms with Crippen molar-refractivity contribution in [1.29, 1.82) is 0 Å². The van der Waals surface area contributed by atoms with Crippen LogP contribution in [-0.2, 0) is 16.1 Å². The molecule has 6 heteroatoms. The number of para-hydroxylation sites is 2. The van der Waals surface area contributed by atoms with Gasteiger partial charge in [0, 0.05) is 38.2 Å². The molecular formula is C18H19N3O3. The minimum absolute atomic E-state index is 0.0764. The summed E-state index contributed by atoms with van der Waals surface area (Å²) >= 11 is 0. The second-order valence-corrected chi connectivity index (χ2v) is 5.70. The van der Waals surface area contributed by atoms with Gasteiger partial charge in [0.2, 0.25) is 11.8 Å². The van der Waals surface area contributed by atoms with E-state index in [1.54, 1.807) is 29.3 Å². The Hall–Kier alpha value is -2.89. The molecule has 0 radical (unpaired) electrons. The van der Waals surface area contributed by atoms with Crippen LogP contribution in [0.1, 0.15) is 19.3 Å². The van der Waals surface area contributed by atoms with Crippen LogP contribution in [0.3, 0.4) is 0 Å². The van der Waals surface area contributed by atoms with Crippen molar-refractivity contribution in [2.24, 2.45) is 0 Å². The average molecular weight is 325 g/mol. The Morgan fingerprint density at radius 2 is 1.88 bits per heavy atom. The molecule has 24 heavy (non-hydrogen) atoms. The first-order chi connectivity index (χ1) is 11.6. The molecule has 2 aromatic rings. The molecule has 3 rings (SSSR count). The zero-order valence-corrected chi connectivity index (χ0v) is 13.3. The Bertz CT molecular complexity index is 813. The summed E-state index contributed by atoms with van der Waals surface area (Å²) in [5.74, 6) is -0.114. The van der Waals surface area contributed by atoms with Gasteiger partial charge in [-0.05, 0) is 24.6 Å². The van der Waals surface area contributed by atoms with Crippen LogP contribution < -0.4 is 15.8 Å². The number of pyridine rings is 1. The van der Waals surface area contributed by atoms with Gasteiger partial charge in [0.25, 0.3) is 5.56 Å². The highest BCUT2D eigenvalue weighted by Crippen LogP contribution is 2.29. The Kier molecular flexibility index (Phi) is 4.74. The van der Waals surface area contributed by atoms with Crippen molar-refractivity contribution in [3.8, 4) is 0 Å². The largest absolute Gasteiger partial charge is 0.324 e. The van der Waals surface area contributed by atoms with Crippen LogP contribution in [0.25, 0.3) is 0 Å². The first-order valence-corrected chi connectivity index (χ1v) is 8.00. The first-order valence-electron chi connectivity index (χ1n) is 8.00. The monoisotopic (exact) mass is 325 g/mol. The van der Waals surface area contributed by atoms with Crippen molar-refractivity contribution in [3.05, 3.63) is 59.0 Å². The summed E-state index contributed by atoms with van der Waals surface area (Å²) in [6.07, 6.45) is 3.22. The molecule has 0 spiro atoms. The number of amides is 2. The third-order valence-corrected chi connectivity index (χ3v) is 4.02. The van der Waals surface area contributed by atoms with Crippen LogP contribution in [0.15, 0.2) is 53.5 Å². The number of carbonyl (C=O) groups excluding carboxylic acids is 2. The predicted molar refractivity (Wildman–Crippen MR) is 92.0 cm³/mol. The molecule has 1 saturated heterocycles. The number of hydrogen-bond acceptors (Lipinski definition) is 3. The van der Waals surface area contributed by atoms with Gasteiger partial charge in [-0.2, -0.15) is 0 Å². The second-order valence-electron chi connectivity index (χ2n) is 5.70. The summed E-state index contributed by atoms with van der Waals surface area (Å²) < 4.78 is 1.50. The third-order valence-electron chi connectivity index (χ3n) is 4.02. The number of hydrogen-bond donors (Lipinski definition) is 1. The lowest BCUT2D eigenvalue weighted by Crippen LogP contribution is -2.26. The Morgan fingerprint density at radius 1 is 1.08 bits per heavy atom. The fourth-order valence-electron chi connectivity index (χ4n) is 2.80. The summed E-state index contributed by atoms with van der Waals surface area (Å²) in [4.78, 5) is 37.5. The van der Waals surface area contributed by atoms with E-state index in [2.05, 4.69) is 5.32 Å². The third kappa shape index (κ3) is 3.53. The predicted octanol–water partition coefficient (Wildman–Crippen LogP) is 2.00. The quantitative estimate of drug-likeness (QED) is 0.914. The van der Waals surface area contributed by atoms with Gasteiger partial charge in [-0.25, -0.2) is 0 Å². The van der Waals surface area contributed by atoms with Gasteiger partial charge in [-0.3, -0.25) is 14.4 Å². The summed E-state index contributed by atoms with van der Waals surface area (Å²) in [5.41, 5.74) is 1.22. The Balaban J connectivity index is 1.68. The van der Waals surface area contributed by atoms with E-state index < -0.39 is 0 Å². The maximum absolute atomic E-state index is 12.2. The molecule has 124 valence electrons. The number of aryl methyl sites for hydroxylation is 1. The highest BCUT2D eigenvalue weighted by atomic mass is 16.2. The van der Waals surface area contributed by atoms with E-state index in [0.717, 1.165) is 12.1 Å². The molecule has 0 unspecified atom stereocenters. The molecule has 1 aromatic heterocycles. The number of aromatic nitrogens is 1. The summed E-state index contributed by atoms with van der Waals surface area (Å²) in [5, 5.41) is 2.85. The maximum atomic E-state index is 12.2. The molecule has 0 atom stereocenters. The minimum Gasteiger partial charge on any atom is -0.324 e. The van der Waals surface area contributed by atoms with Crippen molar-refractivity contribution in [2.45, 2.75) is 25.8 Å².